The molecule has 2 unspecified atom stereocenters. The van der Waals surface area contributed by atoms with E-state index in [-0.39, 0.29) is 6.10 Å². The molecular formula is C16H25NO2. The van der Waals surface area contributed by atoms with E-state index in [0.29, 0.717) is 12.6 Å². The fourth-order valence-corrected chi connectivity index (χ4v) is 2.25. The van der Waals surface area contributed by atoms with Crippen molar-refractivity contribution in [2.45, 2.75) is 51.9 Å². The lowest BCUT2D eigenvalue weighted by molar-refractivity contribution is 0.168. The van der Waals surface area contributed by atoms with E-state index in [2.05, 4.69) is 12.2 Å². The molecule has 3 heteroatoms. The Balaban J connectivity index is 1.88. The maximum atomic E-state index is 10.2. The summed E-state index contributed by atoms with van der Waals surface area (Å²) in [5, 5.41) is 13.6. The summed E-state index contributed by atoms with van der Waals surface area (Å²) in [6, 6.07) is 8.23. The monoisotopic (exact) mass is 263 g/mol. The third kappa shape index (κ3) is 4.51. The molecular weight excluding hydrogens is 238 g/mol. The summed E-state index contributed by atoms with van der Waals surface area (Å²) in [6.07, 6.45) is 2.32. The Morgan fingerprint density at radius 1 is 1.32 bits per heavy atom. The van der Waals surface area contributed by atoms with Gasteiger partial charge in [0.25, 0.3) is 0 Å². The normalized spacial score (nSPS) is 18.4. The van der Waals surface area contributed by atoms with E-state index >= 15 is 0 Å². The largest absolute Gasteiger partial charge is 0.491 e. The van der Waals surface area contributed by atoms with Crippen LogP contribution in [0.3, 0.4) is 0 Å². The van der Waals surface area contributed by atoms with Crippen molar-refractivity contribution in [3.63, 3.8) is 0 Å². The fraction of sp³-hybridized carbons (Fsp3) is 0.625. The van der Waals surface area contributed by atoms with Gasteiger partial charge in [-0.05, 0) is 57.2 Å². The molecule has 0 aliphatic heterocycles. The minimum absolute atomic E-state index is 0.153. The van der Waals surface area contributed by atoms with Gasteiger partial charge in [-0.2, -0.15) is 0 Å². The Labute approximate surface area is 116 Å². The van der Waals surface area contributed by atoms with Crippen molar-refractivity contribution in [2.75, 3.05) is 6.54 Å². The van der Waals surface area contributed by atoms with Gasteiger partial charge in [0.1, 0.15) is 5.75 Å². The number of hydrogen-bond acceptors (Lipinski definition) is 3. The van der Waals surface area contributed by atoms with Crippen LogP contribution in [0, 0.1) is 5.92 Å². The minimum atomic E-state index is -0.475. The van der Waals surface area contributed by atoms with Gasteiger partial charge in [-0.1, -0.05) is 12.1 Å². The van der Waals surface area contributed by atoms with Gasteiger partial charge >= 0.3 is 0 Å². The van der Waals surface area contributed by atoms with Crippen molar-refractivity contribution in [3.8, 4) is 5.75 Å². The number of aliphatic hydroxyl groups excluding tert-OH is 1. The number of ether oxygens (including phenoxy) is 1. The highest BCUT2D eigenvalue weighted by atomic mass is 16.5. The highest BCUT2D eigenvalue weighted by Gasteiger charge is 2.27. The minimum Gasteiger partial charge on any atom is -0.491 e. The molecule has 0 aromatic heterocycles. The Hall–Kier alpha value is -1.06. The first kappa shape index (κ1) is 14.4. The molecule has 1 aliphatic rings. The zero-order valence-electron chi connectivity index (χ0n) is 12.1. The quantitative estimate of drug-likeness (QED) is 0.795. The first-order valence-corrected chi connectivity index (χ1v) is 7.24. The molecule has 0 heterocycles. The Kier molecular flexibility index (Phi) is 4.83. The third-order valence-electron chi connectivity index (χ3n) is 3.58. The lowest BCUT2D eigenvalue weighted by Crippen LogP contribution is -2.31. The van der Waals surface area contributed by atoms with Crippen molar-refractivity contribution in [1.29, 1.82) is 0 Å². The zero-order valence-corrected chi connectivity index (χ0v) is 12.1. The lowest BCUT2D eigenvalue weighted by Gasteiger charge is -2.18. The van der Waals surface area contributed by atoms with Crippen LogP contribution in [0.4, 0.5) is 0 Å². The Morgan fingerprint density at radius 3 is 2.68 bits per heavy atom. The second-order valence-corrected chi connectivity index (χ2v) is 5.79. The van der Waals surface area contributed by atoms with Crippen LogP contribution in [0.5, 0.6) is 5.75 Å². The van der Waals surface area contributed by atoms with E-state index in [1.165, 1.54) is 12.8 Å². The molecule has 19 heavy (non-hydrogen) atoms. The summed E-state index contributed by atoms with van der Waals surface area (Å²) >= 11 is 0. The number of rotatable bonds is 7. The lowest BCUT2D eigenvalue weighted by atomic mass is 10.1. The molecule has 0 amide bonds. The van der Waals surface area contributed by atoms with Gasteiger partial charge in [0.05, 0.1) is 12.2 Å². The summed E-state index contributed by atoms with van der Waals surface area (Å²) in [6.45, 7) is 6.80. The molecule has 2 atom stereocenters. The molecule has 0 radical (unpaired) electrons. The van der Waals surface area contributed by atoms with Gasteiger partial charge < -0.3 is 15.2 Å². The summed E-state index contributed by atoms with van der Waals surface area (Å²) in [5.74, 6) is 1.63. The van der Waals surface area contributed by atoms with Crippen molar-refractivity contribution in [1.82, 2.24) is 5.32 Å². The molecule has 106 valence electrons. The smallest absolute Gasteiger partial charge is 0.120 e. The molecule has 1 fully saturated rings. The van der Waals surface area contributed by atoms with E-state index in [1.807, 2.05) is 38.1 Å². The highest BCUT2D eigenvalue weighted by molar-refractivity contribution is 5.30. The van der Waals surface area contributed by atoms with Crippen LogP contribution in [-0.2, 0) is 0 Å². The Morgan fingerprint density at radius 2 is 2.05 bits per heavy atom. The number of hydrogen-bond donors (Lipinski definition) is 2. The molecule has 1 aromatic carbocycles. The van der Waals surface area contributed by atoms with Gasteiger partial charge in [0.15, 0.2) is 0 Å². The van der Waals surface area contributed by atoms with Crippen LogP contribution in [-0.4, -0.2) is 23.8 Å². The average molecular weight is 263 g/mol. The summed E-state index contributed by atoms with van der Waals surface area (Å²) in [4.78, 5) is 0. The van der Waals surface area contributed by atoms with Crippen LogP contribution in [0.25, 0.3) is 0 Å². The topological polar surface area (TPSA) is 41.5 Å². The standard InChI is InChI=1S/C16H25NO2/c1-11(2)19-15-6-4-5-14(9-15)16(18)10-17-12(3)13-7-8-13/h4-6,9,11-13,16-18H,7-8,10H2,1-3H3. The van der Waals surface area contributed by atoms with Crippen LogP contribution < -0.4 is 10.1 Å². The SMILES string of the molecule is CC(C)Oc1cccc(C(O)CNC(C)C2CC2)c1. The van der Waals surface area contributed by atoms with Crippen molar-refractivity contribution >= 4 is 0 Å². The maximum absolute atomic E-state index is 10.2. The molecule has 0 spiro atoms. The number of benzene rings is 1. The van der Waals surface area contributed by atoms with Gasteiger partial charge in [0, 0.05) is 12.6 Å². The second-order valence-electron chi connectivity index (χ2n) is 5.79. The number of nitrogens with one attached hydrogen (secondary N) is 1. The molecule has 2 N–H and O–H groups in total. The summed E-state index contributed by atoms with van der Waals surface area (Å²) < 4.78 is 5.65. The first-order chi connectivity index (χ1) is 9.06. The maximum Gasteiger partial charge on any atom is 0.120 e. The zero-order chi connectivity index (χ0) is 13.8. The molecule has 0 bridgehead atoms. The number of aliphatic hydroxyl groups is 1. The third-order valence-corrected chi connectivity index (χ3v) is 3.58. The summed E-state index contributed by atoms with van der Waals surface area (Å²) in [7, 11) is 0. The van der Waals surface area contributed by atoms with E-state index in [9.17, 15) is 5.11 Å². The van der Waals surface area contributed by atoms with Crippen LogP contribution in [0.1, 0.15) is 45.3 Å². The van der Waals surface area contributed by atoms with Gasteiger partial charge in [-0.15, -0.1) is 0 Å². The summed E-state index contributed by atoms with van der Waals surface area (Å²) in [5.41, 5.74) is 0.911. The molecule has 3 nitrogen and oxygen atoms in total. The molecule has 1 aromatic rings. The predicted octanol–water partition coefficient (Wildman–Crippen LogP) is 2.90. The molecule has 1 aliphatic carbocycles. The van der Waals surface area contributed by atoms with E-state index < -0.39 is 6.10 Å². The molecule has 1 saturated carbocycles. The van der Waals surface area contributed by atoms with Crippen molar-refractivity contribution in [2.24, 2.45) is 5.92 Å². The average Bonchev–Trinajstić information content (AvgIpc) is 3.19. The Bertz CT molecular complexity index is 401. The van der Waals surface area contributed by atoms with E-state index in [0.717, 1.165) is 17.2 Å². The van der Waals surface area contributed by atoms with E-state index in [4.69, 9.17) is 4.74 Å². The van der Waals surface area contributed by atoms with Crippen molar-refractivity contribution in [3.05, 3.63) is 29.8 Å². The first-order valence-electron chi connectivity index (χ1n) is 7.24. The highest BCUT2D eigenvalue weighted by Crippen LogP contribution is 2.32. The van der Waals surface area contributed by atoms with Crippen molar-refractivity contribution < 1.29 is 9.84 Å². The van der Waals surface area contributed by atoms with Crippen LogP contribution in [0.2, 0.25) is 0 Å². The molecule has 0 saturated heterocycles. The molecule has 2 rings (SSSR count). The van der Waals surface area contributed by atoms with Gasteiger partial charge in [0.2, 0.25) is 0 Å². The van der Waals surface area contributed by atoms with Crippen LogP contribution in [0.15, 0.2) is 24.3 Å². The van der Waals surface area contributed by atoms with Gasteiger partial charge in [-0.3, -0.25) is 0 Å². The van der Waals surface area contributed by atoms with E-state index in [1.54, 1.807) is 0 Å². The predicted molar refractivity (Wildman–Crippen MR) is 77.4 cm³/mol. The van der Waals surface area contributed by atoms with Gasteiger partial charge in [-0.25, -0.2) is 0 Å². The van der Waals surface area contributed by atoms with Crippen LogP contribution >= 0.6 is 0 Å². The second kappa shape index (κ2) is 6.40. The fourth-order valence-electron chi connectivity index (χ4n) is 2.25.